The molecule has 0 saturated carbocycles. The maximum Gasteiger partial charge on any atom is 0.326 e. The topological polar surface area (TPSA) is 79.5 Å². The number of aliphatic carboxylic acids is 1. The third-order valence-electron chi connectivity index (χ3n) is 2.35. The lowest BCUT2D eigenvalue weighted by molar-refractivity contribution is -0.139. The Morgan fingerprint density at radius 3 is 2.78 bits per heavy atom. The van der Waals surface area contributed by atoms with E-state index in [1.807, 2.05) is 13.2 Å². The van der Waals surface area contributed by atoms with E-state index in [1.54, 1.807) is 23.9 Å². The summed E-state index contributed by atoms with van der Waals surface area (Å²) >= 11 is 1.59. The molecule has 0 radical (unpaired) electrons. The molecule has 0 bridgehead atoms. The molecule has 1 amide bonds. The van der Waals surface area contributed by atoms with Crippen LogP contribution >= 0.6 is 11.8 Å². The fraction of sp³-hybridized carbons (Fsp3) is 0.500. The van der Waals surface area contributed by atoms with Gasteiger partial charge in [-0.2, -0.15) is 11.8 Å². The van der Waals surface area contributed by atoms with Crippen LogP contribution in [0.1, 0.15) is 36.1 Å². The second kappa shape index (κ2) is 7.10. The van der Waals surface area contributed by atoms with E-state index in [9.17, 15) is 9.59 Å². The van der Waals surface area contributed by atoms with E-state index in [0.717, 1.165) is 0 Å². The molecule has 0 aliphatic heterocycles. The van der Waals surface area contributed by atoms with Gasteiger partial charge in [-0.25, -0.2) is 4.79 Å². The summed E-state index contributed by atoms with van der Waals surface area (Å²) < 4.78 is 5.32. The van der Waals surface area contributed by atoms with Gasteiger partial charge in [0.05, 0.1) is 5.75 Å². The maximum absolute atomic E-state index is 11.8. The van der Waals surface area contributed by atoms with Crippen molar-refractivity contribution in [1.82, 2.24) is 5.32 Å². The molecule has 0 aromatic carbocycles. The van der Waals surface area contributed by atoms with E-state index in [-0.39, 0.29) is 5.76 Å². The zero-order valence-corrected chi connectivity index (χ0v) is 11.3. The van der Waals surface area contributed by atoms with Crippen molar-refractivity contribution < 1.29 is 19.1 Å². The molecular formula is C12H17NO4S. The van der Waals surface area contributed by atoms with Crippen molar-refractivity contribution in [1.29, 1.82) is 0 Å². The third kappa shape index (κ3) is 4.10. The van der Waals surface area contributed by atoms with Gasteiger partial charge in [0, 0.05) is 0 Å². The highest BCUT2D eigenvalue weighted by atomic mass is 32.2. The SMILES string of the molecule is CCCC(NC(=O)c1ccc(CSC)o1)C(=O)O. The van der Waals surface area contributed by atoms with Crippen LogP contribution in [-0.4, -0.2) is 29.3 Å². The van der Waals surface area contributed by atoms with Crippen molar-refractivity contribution in [3.63, 3.8) is 0 Å². The van der Waals surface area contributed by atoms with Crippen LogP contribution in [0.3, 0.4) is 0 Å². The Labute approximate surface area is 110 Å². The van der Waals surface area contributed by atoms with Crippen LogP contribution < -0.4 is 5.32 Å². The van der Waals surface area contributed by atoms with Crippen molar-refractivity contribution in [3.8, 4) is 0 Å². The van der Waals surface area contributed by atoms with Gasteiger partial charge in [-0.05, 0) is 24.8 Å². The van der Waals surface area contributed by atoms with Crippen LogP contribution in [-0.2, 0) is 10.5 Å². The molecule has 100 valence electrons. The average Bonchev–Trinajstić information content (AvgIpc) is 2.77. The van der Waals surface area contributed by atoms with Crippen LogP contribution in [0.4, 0.5) is 0 Å². The van der Waals surface area contributed by atoms with Crippen molar-refractivity contribution in [3.05, 3.63) is 23.7 Å². The van der Waals surface area contributed by atoms with Crippen LogP contribution in [0.15, 0.2) is 16.5 Å². The molecule has 0 aliphatic rings. The number of carbonyl (C=O) groups is 2. The third-order valence-corrected chi connectivity index (χ3v) is 2.93. The summed E-state index contributed by atoms with van der Waals surface area (Å²) in [6.07, 6.45) is 3.02. The number of amides is 1. The number of hydrogen-bond acceptors (Lipinski definition) is 4. The summed E-state index contributed by atoms with van der Waals surface area (Å²) in [6, 6.07) is 2.42. The monoisotopic (exact) mass is 271 g/mol. The minimum Gasteiger partial charge on any atom is -0.480 e. The normalized spacial score (nSPS) is 12.1. The lowest BCUT2D eigenvalue weighted by atomic mass is 10.1. The molecule has 0 saturated heterocycles. The highest BCUT2D eigenvalue weighted by Gasteiger charge is 2.21. The number of carboxylic acid groups (broad SMARTS) is 1. The quantitative estimate of drug-likeness (QED) is 0.794. The highest BCUT2D eigenvalue weighted by Crippen LogP contribution is 2.13. The standard InChI is InChI=1S/C12H17NO4S/c1-3-4-9(12(15)16)13-11(14)10-6-5-8(17-10)7-18-2/h5-6,9H,3-4,7H2,1-2H3,(H,13,14)(H,15,16). The Bertz CT molecular complexity index is 416. The Hall–Kier alpha value is -1.43. The predicted octanol–water partition coefficient (Wildman–Crippen LogP) is 2.13. The molecule has 6 heteroatoms. The first-order valence-electron chi connectivity index (χ1n) is 5.69. The van der Waals surface area contributed by atoms with E-state index < -0.39 is 17.9 Å². The molecule has 1 heterocycles. The van der Waals surface area contributed by atoms with Crippen molar-refractivity contribution >= 4 is 23.6 Å². The van der Waals surface area contributed by atoms with E-state index in [2.05, 4.69) is 5.32 Å². The van der Waals surface area contributed by atoms with Crippen LogP contribution in [0.5, 0.6) is 0 Å². The van der Waals surface area contributed by atoms with Crippen LogP contribution in [0.2, 0.25) is 0 Å². The number of carbonyl (C=O) groups excluding carboxylic acids is 1. The number of nitrogens with one attached hydrogen (secondary N) is 1. The molecule has 18 heavy (non-hydrogen) atoms. The molecule has 1 aromatic rings. The molecule has 1 unspecified atom stereocenters. The molecule has 5 nitrogen and oxygen atoms in total. The van der Waals surface area contributed by atoms with Gasteiger partial charge in [0.2, 0.25) is 0 Å². The fourth-order valence-electron chi connectivity index (χ4n) is 1.50. The zero-order valence-electron chi connectivity index (χ0n) is 10.4. The van der Waals surface area contributed by atoms with E-state index in [4.69, 9.17) is 9.52 Å². The Morgan fingerprint density at radius 2 is 2.22 bits per heavy atom. The number of thioether (sulfide) groups is 1. The Balaban J connectivity index is 2.64. The lowest BCUT2D eigenvalue weighted by Crippen LogP contribution is -2.40. The van der Waals surface area contributed by atoms with Gasteiger partial charge in [0.1, 0.15) is 11.8 Å². The van der Waals surface area contributed by atoms with Gasteiger partial charge in [-0.15, -0.1) is 0 Å². The smallest absolute Gasteiger partial charge is 0.326 e. The van der Waals surface area contributed by atoms with Crippen molar-refractivity contribution in [2.45, 2.75) is 31.6 Å². The summed E-state index contributed by atoms with van der Waals surface area (Å²) in [5.74, 6) is 0.0330. The van der Waals surface area contributed by atoms with Crippen LogP contribution in [0.25, 0.3) is 0 Å². The van der Waals surface area contributed by atoms with E-state index in [0.29, 0.717) is 24.4 Å². The van der Waals surface area contributed by atoms with Crippen molar-refractivity contribution in [2.75, 3.05) is 6.26 Å². The van der Waals surface area contributed by atoms with Gasteiger partial charge in [0.15, 0.2) is 5.76 Å². The fourth-order valence-corrected chi connectivity index (χ4v) is 1.93. The molecule has 1 rings (SSSR count). The Morgan fingerprint density at radius 1 is 1.50 bits per heavy atom. The lowest BCUT2D eigenvalue weighted by Gasteiger charge is -2.12. The summed E-state index contributed by atoms with van der Waals surface area (Å²) in [5, 5.41) is 11.4. The van der Waals surface area contributed by atoms with Crippen LogP contribution in [0, 0.1) is 0 Å². The van der Waals surface area contributed by atoms with Gasteiger partial charge in [-0.1, -0.05) is 13.3 Å². The molecule has 1 aromatic heterocycles. The number of hydrogen-bond donors (Lipinski definition) is 2. The second-order valence-corrected chi connectivity index (χ2v) is 4.72. The first-order chi connectivity index (χ1) is 8.58. The second-order valence-electron chi connectivity index (χ2n) is 3.85. The molecular weight excluding hydrogens is 254 g/mol. The predicted molar refractivity (Wildman–Crippen MR) is 69.7 cm³/mol. The molecule has 0 fully saturated rings. The summed E-state index contributed by atoms with van der Waals surface area (Å²) in [6.45, 7) is 1.87. The summed E-state index contributed by atoms with van der Waals surface area (Å²) in [7, 11) is 0. The van der Waals surface area contributed by atoms with Crippen molar-refractivity contribution in [2.24, 2.45) is 0 Å². The zero-order chi connectivity index (χ0) is 13.5. The van der Waals surface area contributed by atoms with Gasteiger partial charge in [0.25, 0.3) is 5.91 Å². The highest BCUT2D eigenvalue weighted by molar-refractivity contribution is 7.97. The van der Waals surface area contributed by atoms with Gasteiger partial charge < -0.3 is 14.8 Å². The summed E-state index contributed by atoms with van der Waals surface area (Å²) in [4.78, 5) is 22.7. The van der Waals surface area contributed by atoms with E-state index >= 15 is 0 Å². The summed E-state index contributed by atoms with van der Waals surface area (Å²) in [5.41, 5.74) is 0. The first kappa shape index (κ1) is 14.6. The maximum atomic E-state index is 11.8. The largest absolute Gasteiger partial charge is 0.480 e. The minimum absolute atomic E-state index is 0.154. The van der Waals surface area contributed by atoms with Gasteiger partial charge in [-0.3, -0.25) is 4.79 Å². The molecule has 0 aliphatic carbocycles. The first-order valence-corrected chi connectivity index (χ1v) is 7.09. The van der Waals surface area contributed by atoms with Gasteiger partial charge >= 0.3 is 5.97 Å². The number of furan rings is 1. The average molecular weight is 271 g/mol. The number of carboxylic acids is 1. The molecule has 0 spiro atoms. The molecule has 2 N–H and O–H groups in total. The number of rotatable bonds is 7. The Kier molecular flexibility index (Phi) is 5.77. The molecule has 1 atom stereocenters. The minimum atomic E-state index is -1.03. The van der Waals surface area contributed by atoms with E-state index in [1.165, 1.54) is 0 Å².